The Labute approximate surface area is 147 Å². The quantitative estimate of drug-likeness (QED) is 0.601. The van der Waals surface area contributed by atoms with Crippen molar-refractivity contribution in [1.29, 1.82) is 0 Å². The van der Waals surface area contributed by atoms with Gasteiger partial charge in [-0.2, -0.15) is 0 Å². The minimum absolute atomic E-state index is 0.0132. The predicted octanol–water partition coefficient (Wildman–Crippen LogP) is 2.56. The van der Waals surface area contributed by atoms with Crippen molar-refractivity contribution in [2.45, 2.75) is 72.3 Å². The number of nitrogens with one attached hydrogen (secondary N) is 2. The van der Waals surface area contributed by atoms with Gasteiger partial charge in [0.2, 0.25) is 11.8 Å². The smallest absolute Gasteiger partial charge is 0.220 e. The van der Waals surface area contributed by atoms with E-state index in [2.05, 4.69) is 43.2 Å². The fourth-order valence-corrected chi connectivity index (χ4v) is 3.45. The molecule has 0 aromatic carbocycles. The normalized spacial score (nSPS) is 24.0. The lowest BCUT2D eigenvalue weighted by Gasteiger charge is -2.34. The Balaban J connectivity index is 2.14. The van der Waals surface area contributed by atoms with Gasteiger partial charge in [0.05, 0.1) is 0 Å². The van der Waals surface area contributed by atoms with Crippen molar-refractivity contribution in [3.8, 4) is 0 Å². The minimum Gasteiger partial charge on any atom is -0.356 e. The molecule has 0 radical (unpaired) electrons. The summed E-state index contributed by atoms with van der Waals surface area (Å²) in [7, 11) is 0. The number of carbonyl (C=O) groups is 2. The molecule has 1 saturated carbocycles. The lowest BCUT2D eigenvalue weighted by Crippen LogP contribution is -2.44. The molecule has 1 aliphatic rings. The van der Waals surface area contributed by atoms with Gasteiger partial charge >= 0.3 is 0 Å². The molecule has 2 amide bonds. The maximum atomic E-state index is 12.1. The summed E-state index contributed by atoms with van der Waals surface area (Å²) in [5.74, 6) is 1.18. The third-order valence-corrected chi connectivity index (χ3v) is 5.50. The van der Waals surface area contributed by atoms with Crippen molar-refractivity contribution in [1.82, 2.24) is 15.5 Å². The number of carbonyl (C=O) groups excluding carboxylic acids is 2. The van der Waals surface area contributed by atoms with Gasteiger partial charge in [-0.15, -0.1) is 0 Å². The van der Waals surface area contributed by atoms with Crippen molar-refractivity contribution >= 4 is 11.8 Å². The summed E-state index contributed by atoms with van der Waals surface area (Å²) < 4.78 is 0. The molecule has 0 aliphatic heterocycles. The van der Waals surface area contributed by atoms with Crippen LogP contribution < -0.4 is 10.6 Å². The molecule has 0 heterocycles. The van der Waals surface area contributed by atoms with Gasteiger partial charge in [-0.3, -0.25) is 9.59 Å². The van der Waals surface area contributed by atoms with Gasteiger partial charge in [-0.1, -0.05) is 40.5 Å². The lowest BCUT2D eigenvalue weighted by atomic mass is 9.78. The molecule has 2 N–H and O–H groups in total. The van der Waals surface area contributed by atoms with E-state index >= 15 is 0 Å². The van der Waals surface area contributed by atoms with Gasteiger partial charge < -0.3 is 15.5 Å². The van der Waals surface area contributed by atoms with Crippen LogP contribution in [0.1, 0.15) is 66.2 Å². The van der Waals surface area contributed by atoms with E-state index in [-0.39, 0.29) is 24.3 Å². The zero-order valence-electron chi connectivity index (χ0n) is 16.1. The monoisotopic (exact) mass is 339 g/mol. The molecule has 3 atom stereocenters. The molecular weight excluding hydrogens is 302 g/mol. The second kappa shape index (κ2) is 11.5. The van der Waals surface area contributed by atoms with Crippen LogP contribution in [0.4, 0.5) is 0 Å². The molecule has 5 nitrogen and oxygen atoms in total. The van der Waals surface area contributed by atoms with Crippen molar-refractivity contribution < 1.29 is 9.59 Å². The Bertz CT molecular complexity index is 383. The van der Waals surface area contributed by atoms with Gasteiger partial charge in [0, 0.05) is 25.4 Å². The number of rotatable bonds is 10. The van der Waals surface area contributed by atoms with Crippen LogP contribution in [0.5, 0.6) is 0 Å². The van der Waals surface area contributed by atoms with Crippen LogP contribution in [0.3, 0.4) is 0 Å². The lowest BCUT2D eigenvalue weighted by molar-refractivity contribution is -0.127. The van der Waals surface area contributed by atoms with Crippen LogP contribution in [-0.4, -0.2) is 48.9 Å². The Morgan fingerprint density at radius 3 is 2.38 bits per heavy atom. The third kappa shape index (κ3) is 7.65. The Kier molecular flexibility index (Phi) is 9.99. The van der Waals surface area contributed by atoms with E-state index in [1.807, 2.05) is 0 Å². The van der Waals surface area contributed by atoms with Crippen molar-refractivity contribution in [3.05, 3.63) is 0 Å². The van der Waals surface area contributed by atoms with Crippen LogP contribution in [0.25, 0.3) is 0 Å². The molecule has 0 aromatic heterocycles. The molecule has 24 heavy (non-hydrogen) atoms. The summed E-state index contributed by atoms with van der Waals surface area (Å²) in [5.41, 5.74) is 0. The van der Waals surface area contributed by atoms with Gasteiger partial charge in [0.15, 0.2) is 0 Å². The zero-order chi connectivity index (χ0) is 17.9. The van der Waals surface area contributed by atoms with Gasteiger partial charge in [-0.25, -0.2) is 0 Å². The second-order valence-corrected chi connectivity index (χ2v) is 7.17. The largest absolute Gasteiger partial charge is 0.356 e. The van der Waals surface area contributed by atoms with E-state index in [1.54, 1.807) is 0 Å². The van der Waals surface area contributed by atoms with Crippen LogP contribution in [0.15, 0.2) is 0 Å². The Hall–Kier alpha value is -1.10. The molecule has 0 unspecified atom stereocenters. The van der Waals surface area contributed by atoms with Crippen LogP contribution in [0.2, 0.25) is 0 Å². The molecule has 5 heteroatoms. The fourth-order valence-electron chi connectivity index (χ4n) is 3.45. The summed E-state index contributed by atoms with van der Waals surface area (Å²) in [5, 5.41) is 6.04. The molecule has 0 aromatic rings. The average Bonchev–Trinajstić information content (AvgIpc) is 2.57. The molecule has 1 rings (SSSR count). The highest BCUT2D eigenvalue weighted by atomic mass is 16.2. The molecule has 0 spiro atoms. The molecule has 1 fully saturated rings. The van der Waals surface area contributed by atoms with E-state index in [0.29, 0.717) is 24.8 Å². The first-order valence-corrected chi connectivity index (χ1v) is 9.76. The Morgan fingerprint density at radius 2 is 1.71 bits per heavy atom. The number of hydrogen-bond donors (Lipinski definition) is 2. The first kappa shape index (κ1) is 20.9. The van der Waals surface area contributed by atoms with E-state index < -0.39 is 0 Å². The van der Waals surface area contributed by atoms with Crippen LogP contribution in [-0.2, 0) is 9.59 Å². The highest BCUT2D eigenvalue weighted by Gasteiger charge is 2.27. The SMILES string of the molecule is CCN(CC)CCCNC(=O)CCC(=O)N[C@H]1CCC[C@@H](C)[C@@H]1C. The summed E-state index contributed by atoms with van der Waals surface area (Å²) in [6.07, 6.45) is 5.03. The van der Waals surface area contributed by atoms with Gasteiger partial charge in [0.1, 0.15) is 0 Å². The van der Waals surface area contributed by atoms with Crippen LogP contribution in [0, 0.1) is 11.8 Å². The van der Waals surface area contributed by atoms with Crippen LogP contribution >= 0.6 is 0 Å². The molecular formula is C19H37N3O2. The summed E-state index contributed by atoms with van der Waals surface area (Å²) in [6, 6.07) is 0.276. The number of nitrogens with zero attached hydrogens (tertiary/aromatic N) is 1. The highest BCUT2D eigenvalue weighted by molar-refractivity contribution is 5.83. The fraction of sp³-hybridized carbons (Fsp3) is 0.895. The van der Waals surface area contributed by atoms with Gasteiger partial charge in [0.25, 0.3) is 0 Å². The topological polar surface area (TPSA) is 61.4 Å². The summed E-state index contributed by atoms with van der Waals surface area (Å²) in [4.78, 5) is 26.2. The molecule has 0 bridgehead atoms. The summed E-state index contributed by atoms with van der Waals surface area (Å²) in [6.45, 7) is 12.6. The number of hydrogen-bond acceptors (Lipinski definition) is 3. The van der Waals surface area contributed by atoms with E-state index in [1.165, 1.54) is 12.8 Å². The zero-order valence-corrected chi connectivity index (χ0v) is 16.1. The first-order valence-electron chi connectivity index (χ1n) is 9.76. The van der Waals surface area contributed by atoms with E-state index in [4.69, 9.17) is 0 Å². The maximum absolute atomic E-state index is 12.1. The predicted molar refractivity (Wildman–Crippen MR) is 98.8 cm³/mol. The van der Waals surface area contributed by atoms with Gasteiger partial charge in [-0.05, 0) is 44.3 Å². The average molecular weight is 340 g/mol. The van der Waals surface area contributed by atoms with E-state index in [9.17, 15) is 9.59 Å². The second-order valence-electron chi connectivity index (χ2n) is 7.17. The van der Waals surface area contributed by atoms with Crippen molar-refractivity contribution in [3.63, 3.8) is 0 Å². The van der Waals surface area contributed by atoms with Crippen molar-refractivity contribution in [2.24, 2.45) is 11.8 Å². The standard InChI is InChI=1S/C19H37N3O2/c1-5-22(6-2)14-8-13-20-18(23)11-12-19(24)21-17-10-7-9-15(3)16(17)4/h15-17H,5-14H2,1-4H3,(H,20,23)(H,21,24)/t15-,16+,17+/m1/s1. The molecule has 140 valence electrons. The third-order valence-electron chi connectivity index (χ3n) is 5.50. The van der Waals surface area contributed by atoms with E-state index in [0.717, 1.165) is 32.5 Å². The molecule has 0 saturated heterocycles. The highest BCUT2D eigenvalue weighted by Crippen LogP contribution is 2.29. The Morgan fingerprint density at radius 1 is 1.04 bits per heavy atom. The maximum Gasteiger partial charge on any atom is 0.220 e. The number of amides is 2. The molecule has 1 aliphatic carbocycles. The summed E-state index contributed by atoms with van der Waals surface area (Å²) >= 11 is 0. The van der Waals surface area contributed by atoms with Crippen molar-refractivity contribution in [2.75, 3.05) is 26.2 Å². The first-order chi connectivity index (χ1) is 11.5. The minimum atomic E-state index is -0.0187.